The molecule has 1 saturated heterocycles. The standard InChI is InChI=1S/C10H16N4/c1-8(2)10(11)6-14(7-10)9-12-4-3-5-13-9/h3-5,8H,6-7,11H2,1-2H3. The van der Waals surface area contributed by atoms with Crippen molar-refractivity contribution in [1.29, 1.82) is 0 Å². The average Bonchev–Trinajstić information content (AvgIpc) is 2.14. The molecule has 0 aliphatic carbocycles. The highest BCUT2D eigenvalue weighted by atomic mass is 15.3. The summed E-state index contributed by atoms with van der Waals surface area (Å²) in [7, 11) is 0. The molecule has 4 nitrogen and oxygen atoms in total. The Bertz CT molecular complexity index is 303. The Morgan fingerprint density at radius 1 is 1.36 bits per heavy atom. The second-order valence-electron chi connectivity index (χ2n) is 4.29. The van der Waals surface area contributed by atoms with Crippen molar-refractivity contribution in [2.45, 2.75) is 19.4 Å². The van der Waals surface area contributed by atoms with E-state index in [1.807, 2.05) is 6.07 Å². The number of aromatic nitrogens is 2. The van der Waals surface area contributed by atoms with Crippen LogP contribution in [0.2, 0.25) is 0 Å². The first-order valence-electron chi connectivity index (χ1n) is 4.93. The van der Waals surface area contributed by atoms with Crippen LogP contribution in [0.3, 0.4) is 0 Å². The summed E-state index contributed by atoms with van der Waals surface area (Å²) in [5.74, 6) is 1.29. The number of nitrogens with zero attached hydrogens (tertiary/aromatic N) is 3. The first-order chi connectivity index (χ1) is 6.62. The topological polar surface area (TPSA) is 55.0 Å². The van der Waals surface area contributed by atoms with Crippen LogP contribution >= 0.6 is 0 Å². The van der Waals surface area contributed by atoms with E-state index in [1.165, 1.54) is 0 Å². The summed E-state index contributed by atoms with van der Waals surface area (Å²) in [6.07, 6.45) is 3.52. The van der Waals surface area contributed by atoms with Gasteiger partial charge in [-0.15, -0.1) is 0 Å². The van der Waals surface area contributed by atoms with Crippen LogP contribution in [0.4, 0.5) is 5.95 Å². The molecule has 2 heterocycles. The number of anilines is 1. The largest absolute Gasteiger partial charge is 0.337 e. The van der Waals surface area contributed by atoms with Gasteiger partial charge in [-0.2, -0.15) is 0 Å². The molecule has 4 heteroatoms. The molecular weight excluding hydrogens is 176 g/mol. The Morgan fingerprint density at radius 3 is 2.43 bits per heavy atom. The third-order valence-electron chi connectivity index (χ3n) is 2.96. The third kappa shape index (κ3) is 1.46. The van der Waals surface area contributed by atoms with Crippen molar-refractivity contribution in [3.8, 4) is 0 Å². The van der Waals surface area contributed by atoms with Crippen molar-refractivity contribution in [1.82, 2.24) is 9.97 Å². The Kier molecular flexibility index (Phi) is 2.15. The van der Waals surface area contributed by atoms with E-state index >= 15 is 0 Å². The van der Waals surface area contributed by atoms with Crippen LogP contribution < -0.4 is 10.6 Å². The summed E-state index contributed by atoms with van der Waals surface area (Å²) in [5, 5.41) is 0. The molecule has 0 unspecified atom stereocenters. The minimum atomic E-state index is -0.0563. The molecule has 0 spiro atoms. The Hall–Kier alpha value is -1.16. The maximum absolute atomic E-state index is 6.18. The van der Waals surface area contributed by atoms with E-state index < -0.39 is 0 Å². The van der Waals surface area contributed by atoms with Gasteiger partial charge in [-0.25, -0.2) is 9.97 Å². The summed E-state index contributed by atoms with van der Waals surface area (Å²) < 4.78 is 0. The maximum atomic E-state index is 6.18. The van der Waals surface area contributed by atoms with E-state index in [0.717, 1.165) is 19.0 Å². The van der Waals surface area contributed by atoms with Gasteiger partial charge >= 0.3 is 0 Å². The maximum Gasteiger partial charge on any atom is 0.225 e. The molecule has 0 bridgehead atoms. The van der Waals surface area contributed by atoms with Crippen LogP contribution in [0.5, 0.6) is 0 Å². The van der Waals surface area contributed by atoms with Crippen LogP contribution in [0.15, 0.2) is 18.5 Å². The second kappa shape index (κ2) is 3.20. The van der Waals surface area contributed by atoms with Crippen molar-refractivity contribution >= 4 is 5.95 Å². The molecule has 2 rings (SSSR count). The molecule has 1 aromatic heterocycles. The fourth-order valence-electron chi connectivity index (χ4n) is 1.63. The van der Waals surface area contributed by atoms with Gasteiger partial charge in [0.1, 0.15) is 0 Å². The highest BCUT2D eigenvalue weighted by Gasteiger charge is 2.42. The predicted molar refractivity (Wildman–Crippen MR) is 56.0 cm³/mol. The highest BCUT2D eigenvalue weighted by molar-refractivity contribution is 5.37. The van der Waals surface area contributed by atoms with E-state index in [4.69, 9.17) is 5.73 Å². The van der Waals surface area contributed by atoms with Crippen molar-refractivity contribution in [2.24, 2.45) is 11.7 Å². The first-order valence-corrected chi connectivity index (χ1v) is 4.93. The van der Waals surface area contributed by atoms with Crippen LogP contribution in [0.25, 0.3) is 0 Å². The summed E-state index contributed by atoms with van der Waals surface area (Å²) >= 11 is 0. The van der Waals surface area contributed by atoms with Gasteiger partial charge in [0.2, 0.25) is 5.95 Å². The number of hydrogen-bond donors (Lipinski definition) is 1. The van der Waals surface area contributed by atoms with Crippen molar-refractivity contribution in [3.63, 3.8) is 0 Å². The van der Waals surface area contributed by atoms with Gasteiger partial charge in [-0.3, -0.25) is 0 Å². The van der Waals surface area contributed by atoms with Crippen LogP contribution in [-0.2, 0) is 0 Å². The summed E-state index contributed by atoms with van der Waals surface area (Å²) in [4.78, 5) is 10.5. The molecule has 0 radical (unpaired) electrons. The lowest BCUT2D eigenvalue weighted by Crippen LogP contribution is -2.70. The molecule has 1 aliphatic rings. The van der Waals surface area contributed by atoms with Gasteiger partial charge in [0, 0.05) is 25.5 Å². The zero-order valence-electron chi connectivity index (χ0n) is 8.64. The third-order valence-corrected chi connectivity index (χ3v) is 2.96. The molecule has 2 N–H and O–H groups in total. The predicted octanol–water partition coefficient (Wildman–Crippen LogP) is 0.650. The summed E-state index contributed by atoms with van der Waals surface area (Å²) in [6.45, 7) is 6.02. The zero-order chi connectivity index (χ0) is 10.2. The molecule has 1 fully saturated rings. The molecule has 0 atom stereocenters. The van der Waals surface area contributed by atoms with Crippen molar-refractivity contribution in [3.05, 3.63) is 18.5 Å². The van der Waals surface area contributed by atoms with E-state index in [2.05, 4.69) is 28.7 Å². The lowest BCUT2D eigenvalue weighted by Gasteiger charge is -2.50. The summed E-state index contributed by atoms with van der Waals surface area (Å²) in [6, 6.07) is 1.82. The van der Waals surface area contributed by atoms with Gasteiger partial charge in [-0.1, -0.05) is 13.8 Å². The van der Waals surface area contributed by atoms with E-state index in [1.54, 1.807) is 12.4 Å². The zero-order valence-corrected chi connectivity index (χ0v) is 8.64. The highest BCUT2D eigenvalue weighted by Crippen LogP contribution is 2.28. The number of nitrogens with two attached hydrogens (primary N) is 1. The van der Waals surface area contributed by atoms with E-state index in [-0.39, 0.29) is 5.54 Å². The minimum absolute atomic E-state index is 0.0563. The molecule has 0 aromatic carbocycles. The van der Waals surface area contributed by atoms with Gasteiger partial charge < -0.3 is 10.6 Å². The second-order valence-corrected chi connectivity index (χ2v) is 4.29. The van der Waals surface area contributed by atoms with Crippen LogP contribution in [-0.4, -0.2) is 28.6 Å². The first kappa shape index (κ1) is 9.40. The fourth-order valence-corrected chi connectivity index (χ4v) is 1.63. The lowest BCUT2D eigenvalue weighted by atomic mass is 9.80. The molecule has 76 valence electrons. The smallest absolute Gasteiger partial charge is 0.225 e. The van der Waals surface area contributed by atoms with E-state index in [9.17, 15) is 0 Å². The number of rotatable bonds is 2. The van der Waals surface area contributed by atoms with E-state index in [0.29, 0.717) is 5.92 Å². The quantitative estimate of drug-likeness (QED) is 0.747. The van der Waals surface area contributed by atoms with Gasteiger partial charge in [0.05, 0.1) is 5.54 Å². The normalized spacial score (nSPS) is 19.6. The van der Waals surface area contributed by atoms with Crippen molar-refractivity contribution in [2.75, 3.05) is 18.0 Å². The summed E-state index contributed by atoms with van der Waals surface area (Å²) in [5.41, 5.74) is 6.12. The lowest BCUT2D eigenvalue weighted by molar-refractivity contribution is 0.242. The Balaban J connectivity index is 2.02. The average molecular weight is 192 g/mol. The Labute approximate surface area is 84.2 Å². The van der Waals surface area contributed by atoms with Crippen molar-refractivity contribution < 1.29 is 0 Å². The van der Waals surface area contributed by atoms with Crippen LogP contribution in [0.1, 0.15) is 13.8 Å². The monoisotopic (exact) mass is 192 g/mol. The van der Waals surface area contributed by atoms with Gasteiger partial charge in [0.15, 0.2) is 0 Å². The molecule has 14 heavy (non-hydrogen) atoms. The molecule has 0 amide bonds. The number of hydrogen-bond acceptors (Lipinski definition) is 4. The van der Waals surface area contributed by atoms with Gasteiger partial charge in [-0.05, 0) is 12.0 Å². The molecule has 1 aliphatic heterocycles. The molecular formula is C10H16N4. The fraction of sp³-hybridized carbons (Fsp3) is 0.600. The van der Waals surface area contributed by atoms with Crippen LogP contribution in [0, 0.1) is 5.92 Å². The molecule has 0 saturated carbocycles. The minimum Gasteiger partial charge on any atom is -0.337 e. The van der Waals surface area contributed by atoms with Gasteiger partial charge in [0.25, 0.3) is 0 Å². The Morgan fingerprint density at radius 2 is 1.93 bits per heavy atom. The SMILES string of the molecule is CC(C)C1(N)CN(c2ncccn2)C1. The molecule has 1 aromatic rings.